The van der Waals surface area contributed by atoms with E-state index in [2.05, 4.69) is 19.2 Å². The first-order valence-electron chi connectivity index (χ1n) is 6.90. The van der Waals surface area contributed by atoms with Gasteiger partial charge in [-0.25, -0.2) is 8.42 Å². The van der Waals surface area contributed by atoms with Gasteiger partial charge in [-0.05, 0) is 43.5 Å². The standard InChI is InChI=1S/C15H24N2O3S.ClH/c1-11(2)9-15(3,10-16)17-14(18)12-5-7-13(8-6-12)21(4,19)20;/h5-8,11H,9-10,16H2,1-4H3,(H,17,18);1H. The summed E-state index contributed by atoms with van der Waals surface area (Å²) in [6.45, 7) is 6.40. The number of hydrogen-bond donors (Lipinski definition) is 2. The van der Waals surface area contributed by atoms with E-state index in [1.165, 1.54) is 24.3 Å². The van der Waals surface area contributed by atoms with Crippen LogP contribution in [0.3, 0.4) is 0 Å². The smallest absolute Gasteiger partial charge is 0.251 e. The minimum atomic E-state index is -3.25. The molecule has 0 saturated heterocycles. The van der Waals surface area contributed by atoms with E-state index in [1.807, 2.05) is 6.92 Å². The van der Waals surface area contributed by atoms with Crippen LogP contribution in [0.15, 0.2) is 29.2 Å². The minimum Gasteiger partial charge on any atom is -0.346 e. The molecule has 126 valence electrons. The molecule has 22 heavy (non-hydrogen) atoms. The van der Waals surface area contributed by atoms with E-state index in [9.17, 15) is 13.2 Å². The Kier molecular flexibility index (Phi) is 7.54. The molecular weight excluding hydrogens is 324 g/mol. The monoisotopic (exact) mass is 348 g/mol. The van der Waals surface area contributed by atoms with Crippen LogP contribution in [0.4, 0.5) is 0 Å². The highest BCUT2D eigenvalue weighted by atomic mass is 35.5. The van der Waals surface area contributed by atoms with E-state index in [1.54, 1.807) is 0 Å². The topological polar surface area (TPSA) is 89.3 Å². The third kappa shape index (κ3) is 5.94. The molecule has 1 atom stereocenters. The zero-order valence-electron chi connectivity index (χ0n) is 13.4. The maximum atomic E-state index is 12.2. The SMILES string of the molecule is CC(C)CC(C)(CN)NC(=O)c1ccc(S(C)(=O)=O)cc1.Cl. The van der Waals surface area contributed by atoms with Gasteiger partial charge in [-0.1, -0.05) is 13.8 Å². The molecule has 0 aliphatic heterocycles. The lowest BCUT2D eigenvalue weighted by atomic mass is 9.90. The van der Waals surface area contributed by atoms with Crippen LogP contribution < -0.4 is 11.1 Å². The second-order valence-corrected chi connectivity index (χ2v) is 8.13. The van der Waals surface area contributed by atoms with Gasteiger partial charge in [-0.2, -0.15) is 0 Å². The van der Waals surface area contributed by atoms with E-state index in [-0.39, 0.29) is 23.2 Å². The number of nitrogens with one attached hydrogen (secondary N) is 1. The summed E-state index contributed by atoms with van der Waals surface area (Å²) >= 11 is 0. The number of rotatable bonds is 6. The van der Waals surface area contributed by atoms with E-state index >= 15 is 0 Å². The number of benzene rings is 1. The van der Waals surface area contributed by atoms with Gasteiger partial charge in [-0.3, -0.25) is 4.79 Å². The van der Waals surface area contributed by atoms with E-state index < -0.39 is 15.4 Å². The Morgan fingerprint density at radius 3 is 2.14 bits per heavy atom. The van der Waals surface area contributed by atoms with Gasteiger partial charge in [0.2, 0.25) is 0 Å². The zero-order chi connectivity index (χ0) is 16.3. The van der Waals surface area contributed by atoms with Gasteiger partial charge in [0, 0.05) is 23.9 Å². The van der Waals surface area contributed by atoms with Gasteiger partial charge in [0.05, 0.1) is 4.90 Å². The Morgan fingerprint density at radius 2 is 1.77 bits per heavy atom. The van der Waals surface area contributed by atoms with Gasteiger partial charge >= 0.3 is 0 Å². The number of hydrogen-bond acceptors (Lipinski definition) is 4. The van der Waals surface area contributed by atoms with Crippen LogP contribution in [0.5, 0.6) is 0 Å². The summed E-state index contributed by atoms with van der Waals surface area (Å²) in [6, 6.07) is 5.90. The van der Waals surface area contributed by atoms with Crippen molar-refractivity contribution in [1.82, 2.24) is 5.32 Å². The molecule has 0 aliphatic carbocycles. The molecule has 7 heteroatoms. The van der Waals surface area contributed by atoms with E-state index in [4.69, 9.17) is 5.73 Å². The molecule has 3 N–H and O–H groups in total. The van der Waals surface area contributed by atoms with Gasteiger partial charge in [-0.15, -0.1) is 12.4 Å². The Hall–Kier alpha value is -1.11. The molecule has 0 radical (unpaired) electrons. The molecule has 1 rings (SSSR count). The van der Waals surface area contributed by atoms with Crippen LogP contribution in [0.25, 0.3) is 0 Å². The van der Waals surface area contributed by atoms with Crippen molar-refractivity contribution in [2.45, 2.75) is 37.6 Å². The quantitative estimate of drug-likeness (QED) is 0.822. The fourth-order valence-electron chi connectivity index (χ4n) is 2.29. The summed E-state index contributed by atoms with van der Waals surface area (Å²) in [7, 11) is -3.25. The van der Waals surface area contributed by atoms with Crippen molar-refractivity contribution in [3.8, 4) is 0 Å². The van der Waals surface area contributed by atoms with Gasteiger partial charge in [0.1, 0.15) is 0 Å². The molecule has 0 aromatic heterocycles. The number of amides is 1. The third-order valence-corrected chi connectivity index (χ3v) is 4.40. The largest absolute Gasteiger partial charge is 0.346 e. The summed E-state index contributed by atoms with van der Waals surface area (Å²) in [5.41, 5.74) is 5.72. The molecule has 1 aromatic carbocycles. The van der Waals surface area contributed by atoms with Crippen molar-refractivity contribution in [2.75, 3.05) is 12.8 Å². The fraction of sp³-hybridized carbons (Fsp3) is 0.533. The number of sulfone groups is 1. The maximum absolute atomic E-state index is 12.2. The average Bonchev–Trinajstić information content (AvgIpc) is 2.36. The highest BCUT2D eigenvalue weighted by molar-refractivity contribution is 7.90. The number of nitrogens with two attached hydrogens (primary N) is 1. The predicted molar refractivity (Wildman–Crippen MR) is 91.2 cm³/mol. The molecule has 0 fully saturated rings. The summed E-state index contributed by atoms with van der Waals surface area (Å²) in [6.07, 6.45) is 1.91. The Balaban J connectivity index is 0.00000441. The van der Waals surface area contributed by atoms with Crippen LogP contribution in [0.1, 0.15) is 37.6 Å². The van der Waals surface area contributed by atoms with Gasteiger partial charge in [0.15, 0.2) is 9.84 Å². The Morgan fingerprint density at radius 1 is 1.27 bits per heavy atom. The van der Waals surface area contributed by atoms with Crippen LogP contribution in [0.2, 0.25) is 0 Å². The van der Waals surface area contributed by atoms with Crippen molar-refractivity contribution in [3.05, 3.63) is 29.8 Å². The molecule has 0 spiro atoms. The number of carbonyl (C=O) groups is 1. The van der Waals surface area contributed by atoms with Crippen LogP contribution in [-0.2, 0) is 9.84 Å². The minimum absolute atomic E-state index is 0. The molecule has 0 aliphatic rings. The molecular formula is C15H25ClN2O3S. The van der Waals surface area contributed by atoms with Gasteiger partial charge < -0.3 is 11.1 Å². The highest BCUT2D eigenvalue weighted by Crippen LogP contribution is 2.17. The summed E-state index contributed by atoms with van der Waals surface area (Å²) in [5.74, 6) is 0.162. The zero-order valence-corrected chi connectivity index (χ0v) is 15.1. The van der Waals surface area contributed by atoms with Crippen LogP contribution in [0, 0.1) is 5.92 Å². The highest BCUT2D eigenvalue weighted by Gasteiger charge is 2.26. The van der Waals surface area contributed by atoms with Crippen molar-refractivity contribution < 1.29 is 13.2 Å². The second kappa shape index (κ2) is 7.94. The van der Waals surface area contributed by atoms with Gasteiger partial charge in [0.25, 0.3) is 5.91 Å². The lowest BCUT2D eigenvalue weighted by Gasteiger charge is -2.31. The van der Waals surface area contributed by atoms with Crippen molar-refractivity contribution in [1.29, 1.82) is 0 Å². The second-order valence-electron chi connectivity index (χ2n) is 6.11. The summed E-state index contributed by atoms with van der Waals surface area (Å²) in [5, 5.41) is 2.94. The van der Waals surface area contributed by atoms with Crippen molar-refractivity contribution in [2.24, 2.45) is 11.7 Å². The predicted octanol–water partition coefficient (Wildman–Crippen LogP) is 2.01. The van der Waals surface area contributed by atoms with Crippen LogP contribution in [-0.4, -0.2) is 32.7 Å². The van der Waals surface area contributed by atoms with Crippen molar-refractivity contribution in [3.63, 3.8) is 0 Å². The lowest BCUT2D eigenvalue weighted by Crippen LogP contribution is -2.52. The Labute approximate surface area is 139 Å². The molecule has 1 aromatic rings. The first-order chi connectivity index (χ1) is 9.57. The van der Waals surface area contributed by atoms with Crippen LogP contribution >= 0.6 is 12.4 Å². The molecule has 1 amide bonds. The maximum Gasteiger partial charge on any atom is 0.251 e. The first kappa shape index (κ1) is 20.9. The number of halogens is 1. The van der Waals surface area contributed by atoms with E-state index in [0.717, 1.165) is 12.7 Å². The third-order valence-electron chi connectivity index (χ3n) is 3.27. The first-order valence-corrected chi connectivity index (χ1v) is 8.79. The number of carbonyl (C=O) groups excluding carboxylic acids is 1. The van der Waals surface area contributed by atoms with E-state index in [0.29, 0.717) is 18.0 Å². The fourth-order valence-corrected chi connectivity index (χ4v) is 2.92. The normalized spacial score (nSPS) is 14.1. The average molecular weight is 349 g/mol. The summed E-state index contributed by atoms with van der Waals surface area (Å²) in [4.78, 5) is 12.4. The molecule has 0 bridgehead atoms. The summed E-state index contributed by atoms with van der Waals surface area (Å²) < 4.78 is 22.8. The molecule has 0 heterocycles. The molecule has 1 unspecified atom stereocenters. The van der Waals surface area contributed by atoms with Crippen molar-refractivity contribution >= 4 is 28.2 Å². The molecule has 0 saturated carbocycles. The molecule has 5 nitrogen and oxygen atoms in total. The lowest BCUT2D eigenvalue weighted by molar-refractivity contribution is 0.0898. The Bertz CT molecular complexity index is 600.